The predicted octanol–water partition coefficient (Wildman–Crippen LogP) is 3.03. The van der Waals surface area contributed by atoms with Crippen molar-refractivity contribution < 1.29 is 0 Å². The zero-order valence-electron chi connectivity index (χ0n) is 8.26. The maximum Gasteiger partial charge on any atom is 0.138 e. The van der Waals surface area contributed by atoms with Crippen molar-refractivity contribution in [1.82, 2.24) is 0 Å². The second-order valence-electron chi connectivity index (χ2n) is 3.67. The van der Waals surface area contributed by atoms with Gasteiger partial charge >= 0.3 is 0 Å². The molecule has 2 heteroatoms. The van der Waals surface area contributed by atoms with Crippen LogP contribution in [-0.2, 0) is 0 Å². The second kappa shape index (κ2) is 4.06. The molecule has 14 heavy (non-hydrogen) atoms. The van der Waals surface area contributed by atoms with E-state index in [1.54, 1.807) is 0 Å². The lowest BCUT2D eigenvalue weighted by molar-refractivity contribution is 1.05. The van der Waals surface area contributed by atoms with E-state index in [1.807, 2.05) is 18.2 Å². The third-order valence-electron chi connectivity index (χ3n) is 2.48. The van der Waals surface area contributed by atoms with Crippen LogP contribution < -0.4 is 0 Å². The average molecular weight is 202 g/mol. The van der Waals surface area contributed by atoms with Gasteiger partial charge in [0.25, 0.3) is 0 Å². The first-order valence-electron chi connectivity index (χ1n) is 4.89. The predicted molar refractivity (Wildman–Crippen MR) is 65.3 cm³/mol. The Morgan fingerprint density at radius 3 is 2.86 bits per heavy atom. The fourth-order valence-electron chi connectivity index (χ4n) is 1.78. The Labute approximate surface area is 90.7 Å². The van der Waals surface area contributed by atoms with Crippen molar-refractivity contribution in [1.29, 1.82) is 0 Å². The maximum atomic E-state index is 5.96. The van der Waals surface area contributed by atoms with E-state index in [2.05, 4.69) is 26.1 Å². The quantitative estimate of drug-likeness (QED) is 0.614. The molecular formula is C12H12BCl. The molecule has 0 heterocycles. The van der Waals surface area contributed by atoms with Gasteiger partial charge in [0, 0.05) is 5.02 Å². The molecule has 2 rings (SSSR count). The van der Waals surface area contributed by atoms with E-state index < -0.39 is 0 Å². The van der Waals surface area contributed by atoms with Crippen LogP contribution in [0.3, 0.4) is 0 Å². The fraction of sp³-hybridized carbons (Fsp3) is 0.167. The molecule has 0 aliphatic heterocycles. The molecule has 0 amide bonds. The Morgan fingerprint density at radius 1 is 1.29 bits per heavy atom. The minimum Gasteiger partial charge on any atom is -0.0926 e. The van der Waals surface area contributed by atoms with Crippen LogP contribution in [0.25, 0.3) is 5.57 Å². The SMILES string of the molecule is BC1=CCCC(c2cccc(Cl)c2)=C1. The first kappa shape index (κ1) is 9.60. The molecule has 70 valence electrons. The molecule has 0 spiro atoms. The highest BCUT2D eigenvalue weighted by molar-refractivity contribution is 6.30. The number of benzene rings is 1. The van der Waals surface area contributed by atoms with Crippen LogP contribution in [0.4, 0.5) is 0 Å². The van der Waals surface area contributed by atoms with E-state index in [1.165, 1.54) is 16.6 Å². The van der Waals surface area contributed by atoms with Crippen LogP contribution in [0.1, 0.15) is 18.4 Å². The largest absolute Gasteiger partial charge is 0.138 e. The zero-order valence-corrected chi connectivity index (χ0v) is 9.01. The van der Waals surface area contributed by atoms with Gasteiger partial charge in [-0.25, -0.2) is 0 Å². The summed E-state index contributed by atoms with van der Waals surface area (Å²) in [5.41, 5.74) is 4.00. The molecule has 0 N–H and O–H groups in total. The smallest absolute Gasteiger partial charge is 0.0926 e. The highest BCUT2D eigenvalue weighted by Gasteiger charge is 2.05. The maximum absolute atomic E-state index is 5.96. The van der Waals surface area contributed by atoms with E-state index in [9.17, 15) is 0 Å². The third kappa shape index (κ3) is 2.10. The van der Waals surface area contributed by atoms with E-state index in [4.69, 9.17) is 11.6 Å². The van der Waals surface area contributed by atoms with Crippen LogP contribution in [0.2, 0.25) is 5.02 Å². The number of halogens is 1. The summed E-state index contributed by atoms with van der Waals surface area (Å²) in [6.45, 7) is 0. The van der Waals surface area contributed by atoms with E-state index >= 15 is 0 Å². The lowest BCUT2D eigenvalue weighted by Gasteiger charge is -2.12. The van der Waals surface area contributed by atoms with Gasteiger partial charge in [0.1, 0.15) is 7.85 Å². The number of allylic oxidation sites excluding steroid dienone is 4. The Hall–Kier alpha value is -0.945. The summed E-state index contributed by atoms with van der Waals surface area (Å²) in [7, 11) is 2.14. The second-order valence-corrected chi connectivity index (χ2v) is 4.10. The Morgan fingerprint density at radius 2 is 2.14 bits per heavy atom. The van der Waals surface area contributed by atoms with Crippen molar-refractivity contribution in [3.63, 3.8) is 0 Å². The highest BCUT2D eigenvalue weighted by Crippen LogP contribution is 2.26. The molecule has 1 aliphatic rings. The summed E-state index contributed by atoms with van der Waals surface area (Å²) in [6.07, 6.45) is 6.78. The van der Waals surface area contributed by atoms with Crippen molar-refractivity contribution in [3.8, 4) is 0 Å². The minimum atomic E-state index is 0.815. The van der Waals surface area contributed by atoms with Crippen LogP contribution in [0, 0.1) is 0 Å². The molecule has 0 aromatic heterocycles. The normalized spacial score (nSPS) is 16.1. The molecular weight excluding hydrogens is 190 g/mol. The van der Waals surface area contributed by atoms with Gasteiger partial charge in [-0.3, -0.25) is 0 Å². The molecule has 1 aromatic carbocycles. The third-order valence-corrected chi connectivity index (χ3v) is 2.71. The summed E-state index contributed by atoms with van der Waals surface area (Å²) >= 11 is 5.96. The minimum absolute atomic E-state index is 0.815. The lowest BCUT2D eigenvalue weighted by Crippen LogP contribution is -1.92. The van der Waals surface area contributed by atoms with Crippen molar-refractivity contribution in [2.45, 2.75) is 12.8 Å². The van der Waals surface area contributed by atoms with Crippen molar-refractivity contribution in [2.75, 3.05) is 0 Å². The molecule has 0 atom stereocenters. The molecule has 0 nitrogen and oxygen atoms in total. The number of hydrogen-bond donors (Lipinski definition) is 0. The van der Waals surface area contributed by atoms with Gasteiger partial charge < -0.3 is 0 Å². The summed E-state index contributed by atoms with van der Waals surface area (Å²) < 4.78 is 0. The molecule has 1 aromatic rings. The van der Waals surface area contributed by atoms with Crippen molar-refractivity contribution >= 4 is 25.0 Å². The molecule has 1 aliphatic carbocycles. The average Bonchev–Trinajstić information content (AvgIpc) is 2.18. The van der Waals surface area contributed by atoms with Gasteiger partial charge in [0.05, 0.1) is 0 Å². The summed E-state index contributed by atoms with van der Waals surface area (Å²) in [5, 5.41) is 0.815. The van der Waals surface area contributed by atoms with Gasteiger partial charge in [-0.05, 0) is 36.1 Å². The summed E-state index contributed by atoms with van der Waals surface area (Å²) in [6, 6.07) is 8.08. The van der Waals surface area contributed by atoms with E-state index in [0.29, 0.717) is 0 Å². The topological polar surface area (TPSA) is 0 Å². The lowest BCUT2D eigenvalue weighted by atomic mass is 9.85. The first-order valence-corrected chi connectivity index (χ1v) is 5.27. The summed E-state index contributed by atoms with van der Waals surface area (Å²) in [4.78, 5) is 0. The molecule has 0 radical (unpaired) electrons. The van der Waals surface area contributed by atoms with Gasteiger partial charge in [-0.15, -0.1) is 0 Å². The molecule has 0 unspecified atom stereocenters. The summed E-state index contributed by atoms with van der Waals surface area (Å²) in [5.74, 6) is 0. The monoisotopic (exact) mass is 202 g/mol. The molecule has 0 saturated heterocycles. The van der Waals surface area contributed by atoms with Crippen LogP contribution in [0.15, 0.2) is 41.9 Å². The van der Waals surface area contributed by atoms with Gasteiger partial charge in [-0.2, -0.15) is 0 Å². The first-order chi connectivity index (χ1) is 6.75. The fourth-order valence-corrected chi connectivity index (χ4v) is 1.97. The van der Waals surface area contributed by atoms with Crippen molar-refractivity contribution in [2.24, 2.45) is 0 Å². The van der Waals surface area contributed by atoms with E-state index in [0.717, 1.165) is 17.9 Å². The standard InChI is InChI=1S/C12H12BCl/c13-11-5-1-3-9(7-11)10-4-2-6-12(14)8-10/h2,4-8H,1,3,13H2. The van der Waals surface area contributed by atoms with Gasteiger partial charge in [0.15, 0.2) is 0 Å². The molecule has 0 saturated carbocycles. The molecule has 0 fully saturated rings. The zero-order chi connectivity index (χ0) is 9.97. The number of rotatable bonds is 1. The highest BCUT2D eigenvalue weighted by atomic mass is 35.5. The van der Waals surface area contributed by atoms with Crippen LogP contribution >= 0.6 is 11.6 Å². The van der Waals surface area contributed by atoms with Crippen LogP contribution in [-0.4, -0.2) is 7.85 Å². The Balaban J connectivity index is 2.36. The Bertz CT molecular complexity index is 405. The van der Waals surface area contributed by atoms with Gasteiger partial charge in [-0.1, -0.05) is 41.4 Å². The Kier molecular flexibility index (Phi) is 2.78. The van der Waals surface area contributed by atoms with Crippen molar-refractivity contribution in [3.05, 3.63) is 52.5 Å². The molecule has 0 bridgehead atoms. The van der Waals surface area contributed by atoms with Crippen LogP contribution in [0.5, 0.6) is 0 Å². The number of hydrogen-bond acceptors (Lipinski definition) is 0. The van der Waals surface area contributed by atoms with E-state index in [-0.39, 0.29) is 0 Å². The van der Waals surface area contributed by atoms with Gasteiger partial charge in [0.2, 0.25) is 0 Å².